The van der Waals surface area contributed by atoms with E-state index in [0.717, 1.165) is 22.7 Å². The topological polar surface area (TPSA) is 84.9 Å². The zero-order valence-electron chi connectivity index (χ0n) is 17.4. The molecule has 3 amide bonds. The summed E-state index contributed by atoms with van der Waals surface area (Å²) < 4.78 is 25.2. The van der Waals surface area contributed by atoms with Crippen LogP contribution in [0.2, 0.25) is 0 Å². The van der Waals surface area contributed by atoms with E-state index in [0.29, 0.717) is 27.2 Å². The Morgan fingerprint density at radius 1 is 1.30 bits per heavy atom. The van der Waals surface area contributed by atoms with Crippen molar-refractivity contribution in [3.8, 4) is 23.8 Å². The van der Waals surface area contributed by atoms with E-state index in [4.69, 9.17) is 15.9 Å². The van der Waals surface area contributed by atoms with Gasteiger partial charge in [0.05, 0.1) is 15.1 Å². The van der Waals surface area contributed by atoms with Crippen molar-refractivity contribution in [2.45, 2.75) is 6.92 Å². The van der Waals surface area contributed by atoms with E-state index in [2.05, 4.69) is 33.8 Å². The molecular weight excluding hydrogens is 562 g/mol. The molecule has 3 rings (SSSR count). The summed E-state index contributed by atoms with van der Waals surface area (Å²) in [4.78, 5) is 38.4. The first kappa shape index (κ1) is 24.6. The standard InChI is InChI=1S/C23H18FIN2O5S/c1-3-8-32-21-17(25)9-14(10-18(21)31-4-2)11-19-22(29)27(23(30)33-19)13-20(28)26-16-7-5-6-15(24)12-16/h1,5-7,9-12H,4,8,13H2,2H3,(H,26,28)/b19-11+. The molecule has 10 heteroatoms. The average Bonchev–Trinajstić information content (AvgIpc) is 3.00. The first-order chi connectivity index (χ1) is 15.8. The third kappa shape index (κ3) is 6.27. The minimum absolute atomic E-state index is 0.0754. The maximum Gasteiger partial charge on any atom is 0.294 e. The molecule has 0 aliphatic carbocycles. The number of nitrogens with one attached hydrogen (secondary N) is 1. The Hall–Kier alpha value is -3.04. The Morgan fingerprint density at radius 3 is 2.79 bits per heavy atom. The van der Waals surface area contributed by atoms with Gasteiger partial charge in [0.15, 0.2) is 11.5 Å². The first-order valence-electron chi connectivity index (χ1n) is 9.65. The lowest BCUT2D eigenvalue weighted by atomic mass is 10.2. The molecule has 1 saturated heterocycles. The van der Waals surface area contributed by atoms with Gasteiger partial charge in [-0.2, -0.15) is 0 Å². The molecule has 2 aromatic rings. The molecule has 1 heterocycles. The number of thioether (sulfide) groups is 1. The third-order valence-electron chi connectivity index (χ3n) is 4.21. The number of benzene rings is 2. The highest BCUT2D eigenvalue weighted by Crippen LogP contribution is 2.37. The van der Waals surface area contributed by atoms with E-state index >= 15 is 0 Å². The predicted octanol–water partition coefficient (Wildman–Crippen LogP) is 4.52. The predicted molar refractivity (Wildman–Crippen MR) is 132 cm³/mol. The van der Waals surface area contributed by atoms with Gasteiger partial charge in [0.1, 0.15) is 19.0 Å². The zero-order chi connectivity index (χ0) is 24.0. The fourth-order valence-electron chi connectivity index (χ4n) is 2.89. The summed E-state index contributed by atoms with van der Waals surface area (Å²) in [5.74, 6) is 1.62. The van der Waals surface area contributed by atoms with Crippen LogP contribution in [0.3, 0.4) is 0 Å². The molecule has 1 aliphatic rings. The van der Waals surface area contributed by atoms with Crippen molar-refractivity contribution < 1.29 is 28.2 Å². The third-order valence-corrected chi connectivity index (χ3v) is 5.92. The Balaban J connectivity index is 1.77. The normalized spacial score (nSPS) is 14.4. The number of terminal acetylenes is 1. The molecule has 1 aliphatic heterocycles. The highest BCUT2D eigenvalue weighted by atomic mass is 127. The number of carbonyl (C=O) groups excluding carboxylic acids is 3. The Bertz CT molecular complexity index is 1180. The summed E-state index contributed by atoms with van der Waals surface area (Å²) in [5, 5.41) is 1.89. The number of imide groups is 1. The van der Waals surface area contributed by atoms with Gasteiger partial charge in [-0.05, 0) is 83.2 Å². The molecule has 0 saturated carbocycles. The monoisotopic (exact) mass is 580 g/mol. The fourth-order valence-corrected chi connectivity index (χ4v) is 4.51. The summed E-state index contributed by atoms with van der Waals surface area (Å²) in [7, 11) is 0. The number of halogens is 2. The second kappa shape index (κ2) is 11.2. The van der Waals surface area contributed by atoms with Gasteiger partial charge in [0.25, 0.3) is 11.1 Å². The van der Waals surface area contributed by atoms with Crippen LogP contribution in [0.25, 0.3) is 6.08 Å². The van der Waals surface area contributed by atoms with Crippen LogP contribution in [-0.2, 0) is 9.59 Å². The van der Waals surface area contributed by atoms with Gasteiger partial charge < -0.3 is 14.8 Å². The maximum absolute atomic E-state index is 13.3. The minimum atomic E-state index is -0.618. The van der Waals surface area contributed by atoms with Crippen molar-refractivity contribution in [2.75, 3.05) is 25.1 Å². The van der Waals surface area contributed by atoms with Gasteiger partial charge in [-0.1, -0.05) is 12.0 Å². The lowest BCUT2D eigenvalue weighted by molar-refractivity contribution is -0.127. The molecule has 0 atom stereocenters. The molecule has 170 valence electrons. The molecule has 0 unspecified atom stereocenters. The summed E-state index contributed by atoms with van der Waals surface area (Å²) in [5.41, 5.74) is 0.846. The van der Waals surface area contributed by atoms with E-state index in [-0.39, 0.29) is 17.2 Å². The Kier molecular flexibility index (Phi) is 8.35. The van der Waals surface area contributed by atoms with Crippen LogP contribution in [0.4, 0.5) is 14.9 Å². The number of carbonyl (C=O) groups is 3. The van der Waals surface area contributed by atoms with E-state index < -0.39 is 29.4 Å². The second-order valence-corrected chi connectivity index (χ2v) is 8.74. The number of nitrogens with zero attached hydrogens (tertiary/aromatic N) is 1. The zero-order valence-corrected chi connectivity index (χ0v) is 20.4. The number of rotatable bonds is 8. The maximum atomic E-state index is 13.3. The van der Waals surface area contributed by atoms with Gasteiger partial charge in [0.2, 0.25) is 5.91 Å². The van der Waals surface area contributed by atoms with Crippen molar-refractivity contribution in [1.29, 1.82) is 0 Å². The molecular formula is C23H18FIN2O5S. The van der Waals surface area contributed by atoms with Crippen LogP contribution >= 0.6 is 34.4 Å². The van der Waals surface area contributed by atoms with Crippen LogP contribution in [0, 0.1) is 21.7 Å². The highest BCUT2D eigenvalue weighted by molar-refractivity contribution is 14.1. The first-order valence-corrected chi connectivity index (χ1v) is 11.5. The fraction of sp³-hybridized carbons (Fsp3) is 0.174. The molecule has 2 aromatic carbocycles. The molecule has 0 aromatic heterocycles. The Labute approximate surface area is 207 Å². The number of hydrogen-bond acceptors (Lipinski definition) is 6. The highest BCUT2D eigenvalue weighted by Gasteiger charge is 2.36. The van der Waals surface area contributed by atoms with Gasteiger partial charge in [0, 0.05) is 5.69 Å². The van der Waals surface area contributed by atoms with Gasteiger partial charge in [-0.25, -0.2) is 4.39 Å². The molecule has 0 spiro atoms. The lowest BCUT2D eigenvalue weighted by Crippen LogP contribution is -2.36. The number of hydrogen-bond donors (Lipinski definition) is 1. The van der Waals surface area contributed by atoms with Crippen LogP contribution in [-0.4, -0.2) is 41.7 Å². The quantitative estimate of drug-likeness (QED) is 0.281. The molecule has 1 N–H and O–H groups in total. The molecule has 7 nitrogen and oxygen atoms in total. The molecule has 0 radical (unpaired) electrons. The van der Waals surface area contributed by atoms with Crippen LogP contribution < -0.4 is 14.8 Å². The van der Waals surface area contributed by atoms with Crippen molar-refractivity contribution in [3.05, 3.63) is 56.3 Å². The van der Waals surface area contributed by atoms with Gasteiger partial charge in [-0.15, -0.1) is 6.42 Å². The van der Waals surface area contributed by atoms with Crippen molar-refractivity contribution in [3.63, 3.8) is 0 Å². The average molecular weight is 580 g/mol. The van der Waals surface area contributed by atoms with E-state index in [1.165, 1.54) is 18.2 Å². The number of anilines is 1. The smallest absolute Gasteiger partial charge is 0.294 e. The van der Waals surface area contributed by atoms with Crippen LogP contribution in [0.15, 0.2) is 41.3 Å². The van der Waals surface area contributed by atoms with Gasteiger partial charge >= 0.3 is 0 Å². The number of ether oxygens (including phenoxy) is 2. The van der Waals surface area contributed by atoms with E-state index in [9.17, 15) is 18.8 Å². The number of amides is 3. The summed E-state index contributed by atoms with van der Waals surface area (Å²) in [6, 6.07) is 8.77. The lowest BCUT2D eigenvalue weighted by Gasteiger charge is -2.13. The van der Waals surface area contributed by atoms with Crippen LogP contribution in [0.5, 0.6) is 11.5 Å². The second-order valence-electron chi connectivity index (χ2n) is 6.58. The van der Waals surface area contributed by atoms with Crippen molar-refractivity contribution >= 4 is 63.2 Å². The molecule has 0 bridgehead atoms. The van der Waals surface area contributed by atoms with E-state index in [1.807, 2.05) is 6.92 Å². The SMILES string of the molecule is C#CCOc1c(I)cc(/C=C2/SC(=O)N(CC(=O)Nc3cccc(F)c3)C2=O)cc1OCC. The van der Waals surface area contributed by atoms with Crippen LogP contribution in [0.1, 0.15) is 12.5 Å². The minimum Gasteiger partial charge on any atom is -0.490 e. The van der Waals surface area contributed by atoms with Crippen molar-refractivity contribution in [2.24, 2.45) is 0 Å². The van der Waals surface area contributed by atoms with Gasteiger partial charge in [-0.3, -0.25) is 19.3 Å². The largest absolute Gasteiger partial charge is 0.490 e. The van der Waals surface area contributed by atoms with Crippen molar-refractivity contribution in [1.82, 2.24) is 4.90 Å². The summed E-state index contributed by atoms with van der Waals surface area (Å²) in [6.45, 7) is 1.80. The molecule has 1 fully saturated rings. The molecule has 33 heavy (non-hydrogen) atoms. The summed E-state index contributed by atoms with van der Waals surface area (Å²) in [6.07, 6.45) is 6.81. The Morgan fingerprint density at radius 2 is 2.09 bits per heavy atom. The van der Waals surface area contributed by atoms with E-state index in [1.54, 1.807) is 18.2 Å². The summed E-state index contributed by atoms with van der Waals surface area (Å²) >= 11 is 2.80.